The van der Waals surface area contributed by atoms with Crippen LogP contribution in [0.2, 0.25) is 0 Å². The molecule has 2 aromatic rings. The molecule has 5 rings (SSSR count). The highest BCUT2D eigenvalue weighted by Crippen LogP contribution is 2.33. The highest BCUT2D eigenvalue weighted by Gasteiger charge is 2.35. The number of aryl methyl sites for hydroxylation is 1. The second-order valence-corrected chi connectivity index (χ2v) is 10.2. The van der Waals surface area contributed by atoms with Crippen molar-refractivity contribution in [2.75, 3.05) is 0 Å². The molecular weight excluding hydrogens is 449 g/mol. The quantitative estimate of drug-likeness (QED) is 0.520. The van der Waals surface area contributed by atoms with Crippen molar-refractivity contribution in [3.8, 4) is 5.69 Å². The summed E-state index contributed by atoms with van der Waals surface area (Å²) < 4.78 is 15.7. The zero-order valence-corrected chi connectivity index (χ0v) is 20.3. The maximum atomic E-state index is 13.8. The van der Waals surface area contributed by atoms with Crippen molar-refractivity contribution in [2.45, 2.75) is 58.8 Å². The number of hydrogen-bond donors (Lipinski definition) is 1. The molecular formula is C26H28FN5OS. The molecule has 0 saturated heterocycles. The molecule has 1 aliphatic carbocycles. The Morgan fingerprint density at radius 2 is 2.00 bits per heavy atom. The third-order valence-corrected chi connectivity index (χ3v) is 7.79. The van der Waals surface area contributed by atoms with Crippen LogP contribution in [-0.4, -0.2) is 31.5 Å². The van der Waals surface area contributed by atoms with Crippen molar-refractivity contribution in [1.82, 2.24) is 9.58 Å². The number of aliphatic imine (C=N–C) groups is 1. The van der Waals surface area contributed by atoms with Gasteiger partial charge >= 0.3 is 0 Å². The molecule has 1 N–H and O–H groups in total. The second kappa shape index (κ2) is 9.33. The molecule has 34 heavy (non-hydrogen) atoms. The van der Waals surface area contributed by atoms with E-state index in [4.69, 9.17) is 5.41 Å². The number of fused-ring (bicyclic) bond motifs is 1. The average Bonchev–Trinajstić information content (AvgIpc) is 3.35. The number of rotatable bonds is 5. The van der Waals surface area contributed by atoms with Crippen molar-refractivity contribution in [3.05, 3.63) is 58.7 Å². The molecule has 1 fully saturated rings. The fourth-order valence-electron chi connectivity index (χ4n) is 5.04. The number of amidine groups is 2. The lowest BCUT2D eigenvalue weighted by atomic mass is 9.86. The number of amides is 1. The third kappa shape index (κ3) is 4.39. The summed E-state index contributed by atoms with van der Waals surface area (Å²) in [6.45, 7) is 3.85. The summed E-state index contributed by atoms with van der Waals surface area (Å²) in [5.41, 5.74) is 3.49. The molecule has 6 nitrogen and oxygen atoms in total. The van der Waals surface area contributed by atoms with E-state index in [1.807, 2.05) is 30.5 Å². The predicted octanol–water partition coefficient (Wildman–Crippen LogP) is 6.21. The summed E-state index contributed by atoms with van der Waals surface area (Å²) in [5, 5.41) is 16.2. The summed E-state index contributed by atoms with van der Waals surface area (Å²) in [7, 11) is 0. The molecule has 3 aliphatic rings. The van der Waals surface area contributed by atoms with E-state index in [0.29, 0.717) is 10.9 Å². The first-order chi connectivity index (χ1) is 16.4. The normalized spacial score (nSPS) is 20.1. The number of halogens is 1. The molecule has 0 spiro atoms. The van der Waals surface area contributed by atoms with Crippen LogP contribution < -0.4 is 0 Å². The second-order valence-electron chi connectivity index (χ2n) is 9.20. The van der Waals surface area contributed by atoms with Gasteiger partial charge < -0.3 is 4.57 Å². The SMILES string of the molecule is Cc1cc(C=C2C(=N)N3N=C(CCC4CCCCC4)SC3=NC2=O)c(C)n1-c1cccc(F)c1. The van der Waals surface area contributed by atoms with Crippen molar-refractivity contribution in [3.63, 3.8) is 0 Å². The van der Waals surface area contributed by atoms with Gasteiger partial charge in [0.2, 0.25) is 5.17 Å². The van der Waals surface area contributed by atoms with Crippen molar-refractivity contribution >= 4 is 39.8 Å². The van der Waals surface area contributed by atoms with Gasteiger partial charge in [0.15, 0.2) is 5.84 Å². The maximum absolute atomic E-state index is 13.8. The highest BCUT2D eigenvalue weighted by molar-refractivity contribution is 8.26. The van der Waals surface area contributed by atoms with Crippen molar-refractivity contribution in [1.29, 1.82) is 5.41 Å². The van der Waals surface area contributed by atoms with Crippen molar-refractivity contribution < 1.29 is 9.18 Å². The largest absolute Gasteiger partial charge is 0.318 e. The summed E-state index contributed by atoms with van der Waals surface area (Å²) in [6.07, 6.45) is 10.2. The number of benzene rings is 1. The molecule has 0 radical (unpaired) electrons. The Hall–Kier alpha value is -3.00. The van der Waals surface area contributed by atoms with Gasteiger partial charge in [0.25, 0.3) is 5.91 Å². The van der Waals surface area contributed by atoms with Gasteiger partial charge in [0, 0.05) is 17.1 Å². The molecule has 1 amide bonds. The molecule has 0 atom stereocenters. The summed E-state index contributed by atoms with van der Waals surface area (Å²) in [5.74, 6) is 0.0648. The van der Waals surface area contributed by atoms with Gasteiger partial charge in [-0.05, 0) is 80.3 Å². The van der Waals surface area contributed by atoms with Crippen LogP contribution in [0.5, 0.6) is 0 Å². The van der Waals surface area contributed by atoms with Gasteiger partial charge in [-0.2, -0.15) is 15.1 Å². The Morgan fingerprint density at radius 1 is 1.21 bits per heavy atom. The minimum absolute atomic E-state index is 0.0470. The third-order valence-electron chi connectivity index (χ3n) is 6.82. The van der Waals surface area contributed by atoms with Crippen LogP contribution in [0.4, 0.5) is 4.39 Å². The molecule has 176 valence electrons. The zero-order chi connectivity index (χ0) is 23.8. The lowest BCUT2D eigenvalue weighted by Gasteiger charge is -2.20. The van der Waals surface area contributed by atoms with E-state index >= 15 is 0 Å². The minimum Gasteiger partial charge on any atom is -0.318 e. The van der Waals surface area contributed by atoms with E-state index in [9.17, 15) is 9.18 Å². The lowest BCUT2D eigenvalue weighted by Crippen LogP contribution is -2.35. The van der Waals surface area contributed by atoms with Crippen LogP contribution in [0.3, 0.4) is 0 Å². The van der Waals surface area contributed by atoms with E-state index in [1.165, 1.54) is 61.0 Å². The van der Waals surface area contributed by atoms with E-state index in [0.717, 1.165) is 40.8 Å². The number of hydrazone groups is 1. The molecule has 0 unspecified atom stereocenters. The fraction of sp³-hybridized carbons (Fsp3) is 0.385. The van der Waals surface area contributed by atoms with Gasteiger partial charge in [-0.15, -0.1) is 0 Å². The maximum Gasteiger partial charge on any atom is 0.283 e. The summed E-state index contributed by atoms with van der Waals surface area (Å²) >= 11 is 1.40. The van der Waals surface area contributed by atoms with Crippen LogP contribution in [-0.2, 0) is 4.79 Å². The predicted molar refractivity (Wildman–Crippen MR) is 136 cm³/mol. The summed E-state index contributed by atoms with van der Waals surface area (Å²) in [6, 6.07) is 8.34. The smallest absolute Gasteiger partial charge is 0.283 e. The molecule has 1 aromatic carbocycles. The monoisotopic (exact) mass is 477 g/mol. The Morgan fingerprint density at radius 3 is 2.76 bits per heavy atom. The Kier molecular flexibility index (Phi) is 6.25. The molecule has 1 aromatic heterocycles. The minimum atomic E-state index is -0.428. The number of carbonyl (C=O) groups excluding carboxylic acids is 1. The topological polar surface area (TPSA) is 73.8 Å². The number of carbonyl (C=O) groups is 1. The first kappa shape index (κ1) is 22.8. The average molecular weight is 478 g/mol. The van der Waals surface area contributed by atoms with E-state index in [2.05, 4.69) is 10.1 Å². The highest BCUT2D eigenvalue weighted by atomic mass is 32.2. The number of aromatic nitrogens is 1. The Bertz CT molecular complexity index is 1250. The number of hydrogen-bond acceptors (Lipinski definition) is 4. The first-order valence-electron chi connectivity index (χ1n) is 11.8. The molecule has 3 heterocycles. The van der Waals surface area contributed by atoms with Crippen LogP contribution >= 0.6 is 11.8 Å². The zero-order valence-electron chi connectivity index (χ0n) is 19.5. The van der Waals surface area contributed by atoms with Gasteiger partial charge in [-0.3, -0.25) is 10.2 Å². The number of nitrogens with one attached hydrogen (secondary N) is 1. The van der Waals surface area contributed by atoms with Crippen LogP contribution in [0.1, 0.15) is 61.9 Å². The summed E-state index contributed by atoms with van der Waals surface area (Å²) in [4.78, 5) is 17.1. The Labute approximate surface area is 203 Å². The van der Waals surface area contributed by atoms with E-state index in [-0.39, 0.29) is 17.2 Å². The first-order valence-corrected chi connectivity index (χ1v) is 12.7. The van der Waals surface area contributed by atoms with Crippen molar-refractivity contribution in [2.24, 2.45) is 16.0 Å². The molecule has 0 bridgehead atoms. The van der Waals surface area contributed by atoms with Gasteiger partial charge in [-0.1, -0.05) is 38.2 Å². The van der Waals surface area contributed by atoms with Gasteiger partial charge in [-0.25, -0.2) is 4.39 Å². The molecule has 1 saturated carbocycles. The number of thioether (sulfide) groups is 1. The van der Waals surface area contributed by atoms with E-state index in [1.54, 1.807) is 12.1 Å². The Balaban J connectivity index is 1.38. The molecule has 2 aliphatic heterocycles. The fourth-order valence-corrected chi connectivity index (χ4v) is 5.94. The number of nitrogens with zero attached hydrogens (tertiary/aromatic N) is 4. The van der Waals surface area contributed by atoms with Crippen LogP contribution in [0, 0.1) is 31.0 Å². The van der Waals surface area contributed by atoms with Crippen LogP contribution in [0.15, 0.2) is 46.0 Å². The molecule has 8 heteroatoms. The lowest BCUT2D eigenvalue weighted by molar-refractivity contribution is -0.114. The van der Waals surface area contributed by atoms with Crippen LogP contribution in [0.25, 0.3) is 11.8 Å². The van der Waals surface area contributed by atoms with Gasteiger partial charge in [0.1, 0.15) is 10.9 Å². The van der Waals surface area contributed by atoms with Gasteiger partial charge in [0.05, 0.1) is 5.57 Å². The van der Waals surface area contributed by atoms with E-state index < -0.39 is 5.91 Å². The standard InChI is InChI=1S/C26H28FN5OS/c1-16-13-19(17(2)31(16)21-10-6-9-20(27)15-21)14-22-24(28)32-26(29-25(22)33)34-23(30-32)12-11-18-7-4-3-5-8-18/h6,9-10,13-15,18,28H,3-5,7-8,11-12H2,1-2H3.